The van der Waals surface area contributed by atoms with Gasteiger partial charge in [0, 0.05) is 5.39 Å². The molecule has 0 radical (unpaired) electrons. The van der Waals surface area contributed by atoms with Crippen LogP contribution >= 0.6 is 0 Å². The Balaban J connectivity index is 2.22. The molecule has 1 fully saturated rings. The molecule has 0 atom stereocenters. The molecule has 2 aromatic rings. The molecule has 5 nitrogen and oxygen atoms in total. The Kier molecular flexibility index (Phi) is 2.38. The van der Waals surface area contributed by atoms with E-state index < -0.39 is 13.0 Å². The number of fused-ring (bicyclic) bond motifs is 1. The van der Waals surface area contributed by atoms with E-state index in [1.807, 2.05) is 12.1 Å². The van der Waals surface area contributed by atoms with Gasteiger partial charge in [-0.15, -0.1) is 0 Å². The molecule has 0 unspecified atom stereocenters. The van der Waals surface area contributed by atoms with E-state index in [9.17, 15) is 4.79 Å². The van der Waals surface area contributed by atoms with Crippen LogP contribution in [0, 0.1) is 0 Å². The quantitative estimate of drug-likeness (QED) is 0.753. The van der Waals surface area contributed by atoms with E-state index >= 15 is 0 Å². The summed E-state index contributed by atoms with van der Waals surface area (Å²) in [5.74, 6) is -0.538. The Labute approximate surface area is 97.6 Å². The lowest BCUT2D eigenvalue weighted by molar-refractivity contribution is 0.100. The third-order valence-electron chi connectivity index (χ3n) is 2.70. The Bertz CT molecular complexity index is 574. The van der Waals surface area contributed by atoms with E-state index in [2.05, 4.69) is 0 Å². The zero-order valence-electron chi connectivity index (χ0n) is 9.01. The molecule has 86 valence electrons. The second kappa shape index (κ2) is 3.90. The number of furan rings is 1. The van der Waals surface area contributed by atoms with Crippen LogP contribution in [0.3, 0.4) is 0 Å². The molecule has 1 aromatic heterocycles. The fraction of sp³-hybridized carbons (Fsp3) is 0.182. The Hall–Kier alpha value is -1.79. The van der Waals surface area contributed by atoms with Gasteiger partial charge in [0.25, 0.3) is 5.91 Å². The minimum Gasteiger partial charge on any atom is -0.464 e. The number of amides is 1. The zero-order valence-corrected chi connectivity index (χ0v) is 9.01. The summed E-state index contributed by atoms with van der Waals surface area (Å²) >= 11 is 0. The van der Waals surface area contributed by atoms with E-state index in [0.29, 0.717) is 35.4 Å². The molecule has 1 amide bonds. The number of nitrogens with two attached hydrogens (primary N) is 1. The van der Waals surface area contributed by atoms with Crippen molar-refractivity contribution in [2.75, 3.05) is 13.2 Å². The van der Waals surface area contributed by atoms with Gasteiger partial charge in [0.2, 0.25) is 0 Å². The maximum atomic E-state index is 11.5. The van der Waals surface area contributed by atoms with Gasteiger partial charge in [0.15, 0.2) is 0 Å². The molecular formula is C11H10BNO4. The molecule has 1 aromatic carbocycles. The molecule has 2 N–H and O–H groups in total. The van der Waals surface area contributed by atoms with E-state index in [0.717, 1.165) is 0 Å². The Morgan fingerprint density at radius 3 is 2.65 bits per heavy atom. The van der Waals surface area contributed by atoms with E-state index in [4.69, 9.17) is 19.5 Å². The lowest BCUT2D eigenvalue weighted by atomic mass is 9.82. The highest BCUT2D eigenvalue weighted by molar-refractivity contribution is 6.62. The summed E-state index contributed by atoms with van der Waals surface area (Å²) in [6.45, 7) is 0.972. The van der Waals surface area contributed by atoms with Gasteiger partial charge in [0.05, 0.1) is 18.8 Å². The van der Waals surface area contributed by atoms with Gasteiger partial charge in [-0.1, -0.05) is 18.2 Å². The summed E-state index contributed by atoms with van der Waals surface area (Å²) < 4.78 is 16.3. The predicted octanol–water partition coefficient (Wildman–Crippen LogP) is 0.274. The van der Waals surface area contributed by atoms with Crippen LogP contribution in [0.1, 0.15) is 10.4 Å². The number of primary amides is 1. The first-order valence-corrected chi connectivity index (χ1v) is 5.32. The molecule has 1 saturated heterocycles. The van der Waals surface area contributed by atoms with E-state index in [-0.39, 0.29) is 0 Å². The van der Waals surface area contributed by atoms with Crippen LogP contribution in [-0.4, -0.2) is 26.2 Å². The van der Waals surface area contributed by atoms with Crippen molar-refractivity contribution in [3.8, 4) is 0 Å². The van der Waals surface area contributed by atoms with Gasteiger partial charge in [-0.05, 0) is 6.07 Å². The normalized spacial score (nSPS) is 15.6. The van der Waals surface area contributed by atoms with Crippen molar-refractivity contribution in [3.05, 3.63) is 29.8 Å². The molecule has 0 saturated carbocycles. The number of benzene rings is 1. The van der Waals surface area contributed by atoms with Crippen molar-refractivity contribution in [2.24, 2.45) is 5.73 Å². The summed E-state index contributed by atoms with van der Waals surface area (Å²) in [6.07, 6.45) is 0. The lowest BCUT2D eigenvalue weighted by Gasteiger charge is -2.01. The molecule has 0 aliphatic carbocycles. The van der Waals surface area contributed by atoms with Crippen LogP contribution in [-0.2, 0) is 9.31 Å². The largest absolute Gasteiger partial charge is 0.532 e. The predicted molar refractivity (Wildman–Crippen MR) is 62.0 cm³/mol. The summed E-state index contributed by atoms with van der Waals surface area (Å²) in [5, 5.41) is 0.689. The topological polar surface area (TPSA) is 74.7 Å². The van der Waals surface area contributed by atoms with Gasteiger partial charge in [-0.2, -0.15) is 0 Å². The van der Waals surface area contributed by atoms with Crippen molar-refractivity contribution in [1.82, 2.24) is 0 Å². The van der Waals surface area contributed by atoms with Crippen LogP contribution in [0.25, 0.3) is 11.0 Å². The third-order valence-corrected chi connectivity index (χ3v) is 2.70. The van der Waals surface area contributed by atoms with Crippen molar-refractivity contribution in [3.63, 3.8) is 0 Å². The maximum Gasteiger partial charge on any atom is 0.532 e. The minimum absolute atomic E-state index is 0.340. The molecule has 17 heavy (non-hydrogen) atoms. The van der Waals surface area contributed by atoms with Crippen molar-refractivity contribution in [2.45, 2.75) is 0 Å². The second-order valence-electron chi connectivity index (χ2n) is 3.78. The highest BCUT2D eigenvalue weighted by Crippen LogP contribution is 2.20. The maximum absolute atomic E-state index is 11.5. The average molecular weight is 231 g/mol. The number of carbonyl (C=O) groups excluding carboxylic acids is 1. The summed E-state index contributed by atoms with van der Waals surface area (Å²) in [7, 11) is -0.634. The van der Waals surface area contributed by atoms with Crippen molar-refractivity contribution in [1.29, 1.82) is 0 Å². The minimum atomic E-state index is -0.634. The first-order valence-electron chi connectivity index (χ1n) is 5.32. The Morgan fingerprint density at radius 1 is 1.24 bits per heavy atom. The van der Waals surface area contributed by atoms with Crippen molar-refractivity contribution < 1.29 is 18.5 Å². The highest BCUT2D eigenvalue weighted by atomic mass is 16.6. The van der Waals surface area contributed by atoms with Gasteiger partial charge in [-0.3, -0.25) is 4.79 Å². The van der Waals surface area contributed by atoms with Crippen LogP contribution in [0.5, 0.6) is 0 Å². The summed E-state index contributed by atoms with van der Waals surface area (Å²) in [6, 6.07) is 7.22. The zero-order chi connectivity index (χ0) is 11.8. The van der Waals surface area contributed by atoms with E-state index in [1.165, 1.54) is 0 Å². The van der Waals surface area contributed by atoms with E-state index in [1.54, 1.807) is 12.1 Å². The fourth-order valence-electron chi connectivity index (χ4n) is 1.99. The van der Waals surface area contributed by atoms with Crippen LogP contribution in [0.15, 0.2) is 28.7 Å². The first-order chi connectivity index (χ1) is 8.27. The van der Waals surface area contributed by atoms with Gasteiger partial charge >= 0.3 is 7.12 Å². The summed E-state index contributed by atoms with van der Waals surface area (Å²) in [5.41, 5.74) is 6.69. The smallest absolute Gasteiger partial charge is 0.464 e. The van der Waals surface area contributed by atoms with Gasteiger partial charge in [0.1, 0.15) is 11.2 Å². The third kappa shape index (κ3) is 1.62. The number of carbonyl (C=O) groups is 1. The lowest BCUT2D eigenvalue weighted by Crippen LogP contribution is -2.36. The monoisotopic (exact) mass is 231 g/mol. The molecule has 3 rings (SSSR count). The molecule has 1 aliphatic rings. The molecular weight excluding hydrogens is 221 g/mol. The van der Waals surface area contributed by atoms with Crippen LogP contribution in [0.2, 0.25) is 0 Å². The second-order valence-corrected chi connectivity index (χ2v) is 3.78. The SMILES string of the molecule is NC(=O)c1c(B2OCCO2)oc2ccccc12. The van der Waals surface area contributed by atoms with Gasteiger partial charge < -0.3 is 19.5 Å². The number of hydrogen-bond donors (Lipinski definition) is 1. The van der Waals surface area contributed by atoms with Crippen LogP contribution < -0.4 is 11.4 Å². The first kappa shape index (κ1) is 10.4. The molecule has 0 spiro atoms. The van der Waals surface area contributed by atoms with Crippen LogP contribution in [0.4, 0.5) is 0 Å². The molecule has 1 aliphatic heterocycles. The number of hydrogen-bond acceptors (Lipinski definition) is 4. The molecule has 6 heteroatoms. The molecule has 2 heterocycles. The highest BCUT2D eigenvalue weighted by Gasteiger charge is 2.35. The number of rotatable bonds is 2. The van der Waals surface area contributed by atoms with Crippen molar-refractivity contribution >= 4 is 29.7 Å². The average Bonchev–Trinajstić information content (AvgIpc) is 2.95. The fourth-order valence-corrected chi connectivity index (χ4v) is 1.99. The standard InChI is InChI=1S/C11H10BNO4/c13-11(14)9-7-3-1-2-4-8(7)17-10(9)12-15-5-6-16-12/h1-4H,5-6H2,(H2,13,14). The Morgan fingerprint density at radius 2 is 1.94 bits per heavy atom. The van der Waals surface area contributed by atoms with Gasteiger partial charge in [-0.25, -0.2) is 0 Å². The molecule has 0 bridgehead atoms. The summed E-state index contributed by atoms with van der Waals surface area (Å²) in [4.78, 5) is 11.5. The number of para-hydroxylation sites is 1.